The second kappa shape index (κ2) is 7.53. The molecule has 152 valence electrons. The summed E-state index contributed by atoms with van der Waals surface area (Å²) < 4.78 is 0. The number of rotatable bonds is 5. The van der Waals surface area contributed by atoms with E-state index in [0.717, 1.165) is 55.5 Å². The Labute approximate surface area is 173 Å². The molecule has 4 aliphatic carbocycles. The molecule has 0 spiro atoms. The number of piperazine rings is 1. The lowest BCUT2D eigenvalue weighted by atomic mass is 9.49. The highest BCUT2D eigenvalue weighted by Crippen LogP contribution is 2.59. The molecule has 1 aliphatic heterocycles. The summed E-state index contributed by atoms with van der Waals surface area (Å²) in [5.74, 6) is 3.11. The fraction of sp³-hybridized carbons (Fsp3) is 0.696. The van der Waals surface area contributed by atoms with Crippen LogP contribution in [0, 0.1) is 23.2 Å². The first kappa shape index (κ1) is 18.7. The molecule has 4 saturated carbocycles. The maximum absolute atomic E-state index is 12.6. The van der Waals surface area contributed by atoms with Crippen LogP contribution in [0.3, 0.4) is 0 Å². The third kappa shape index (κ3) is 3.91. The molecule has 1 amide bonds. The van der Waals surface area contributed by atoms with Crippen molar-refractivity contribution in [2.75, 3.05) is 44.2 Å². The first-order valence-electron chi connectivity index (χ1n) is 11.2. The lowest BCUT2D eigenvalue weighted by Crippen LogP contribution is -3.16. The summed E-state index contributed by atoms with van der Waals surface area (Å²) in [4.78, 5) is 16.4. The molecule has 5 fully saturated rings. The molecular weight excluding hydrogens is 370 g/mol. The van der Waals surface area contributed by atoms with E-state index in [0.29, 0.717) is 12.0 Å². The van der Waals surface area contributed by atoms with Crippen LogP contribution in [0.1, 0.15) is 38.5 Å². The van der Waals surface area contributed by atoms with Crippen molar-refractivity contribution in [2.24, 2.45) is 23.2 Å². The Morgan fingerprint density at radius 3 is 2.36 bits per heavy atom. The van der Waals surface area contributed by atoms with Crippen molar-refractivity contribution in [3.05, 3.63) is 29.3 Å². The number of anilines is 1. The highest BCUT2D eigenvalue weighted by atomic mass is 35.5. The molecule has 1 saturated heterocycles. The van der Waals surface area contributed by atoms with E-state index in [-0.39, 0.29) is 5.91 Å². The summed E-state index contributed by atoms with van der Waals surface area (Å²) in [5, 5.41) is 4.13. The first-order chi connectivity index (χ1) is 13.6. The number of hydrogen-bond donors (Lipinski definition) is 2. The average molecular weight is 403 g/mol. The largest absolute Gasteiger partial charge is 0.360 e. The highest BCUT2D eigenvalue weighted by molar-refractivity contribution is 6.30. The van der Waals surface area contributed by atoms with E-state index in [9.17, 15) is 4.79 Å². The lowest BCUT2D eigenvalue weighted by Gasteiger charge is -2.56. The molecule has 5 heteroatoms. The zero-order valence-electron chi connectivity index (χ0n) is 16.8. The van der Waals surface area contributed by atoms with Crippen LogP contribution in [0.4, 0.5) is 5.69 Å². The van der Waals surface area contributed by atoms with E-state index in [4.69, 9.17) is 11.6 Å². The molecule has 6 rings (SSSR count). The van der Waals surface area contributed by atoms with Crippen LogP contribution >= 0.6 is 11.6 Å². The third-order valence-electron chi connectivity index (χ3n) is 7.88. The van der Waals surface area contributed by atoms with Crippen molar-refractivity contribution in [3.8, 4) is 0 Å². The van der Waals surface area contributed by atoms with Gasteiger partial charge in [-0.15, -0.1) is 0 Å². The highest BCUT2D eigenvalue weighted by Gasteiger charge is 2.50. The number of nitrogens with zero attached hydrogens (tertiary/aromatic N) is 1. The number of carbonyl (C=O) groups excluding carboxylic acids is 1. The van der Waals surface area contributed by atoms with Crippen LogP contribution in [-0.2, 0) is 4.79 Å². The normalized spacial score (nSPS) is 34.6. The molecule has 4 nitrogen and oxygen atoms in total. The van der Waals surface area contributed by atoms with Gasteiger partial charge in [0, 0.05) is 17.3 Å². The van der Waals surface area contributed by atoms with Crippen LogP contribution in [-0.4, -0.2) is 45.2 Å². The fourth-order valence-electron chi connectivity index (χ4n) is 7.01. The fourth-order valence-corrected chi connectivity index (χ4v) is 7.20. The minimum Gasteiger partial charge on any atom is -0.360 e. The van der Waals surface area contributed by atoms with Crippen LogP contribution in [0.15, 0.2) is 24.3 Å². The predicted molar refractivity (Wildman–Crippen MR) is 113 cm³/mol. The second-order valence-electron chi connectivity index (χ2n) is 10.1. The minimum atomic E-state index is 0.252. The Morgan fingerprint density at radius 2 is 1.75 bits per heavy atom. The van der Waals surface area contributed by atoms with Crippen LogP contribution in [0.25, 0.3) is 0 Å². The number of quaternary nitrogens is 1. The number of amides is 1. The zero-order valence-corrected chi connectivity index (χ0v) is 17.5. The molecule has 0 radical (unpaired) electrons. The summed E-state index contributed by atoms with van der Waals surface area (Å²) in [6.07, 6.45) is 8.50. The van der Waals surface area contributed by atoms with Gasteiger partial charge in [0.2, 0.25) is 0 Å². The van der Waals surface area contributed by atoms with Crippen molar-refractivity contribution in [1.29, 1.82) is 0 Å². The van der Waals surface area contributed by atoms with Gasteiger partial charge in [-0.3, -0.25) is 4.79 Å². The average Bonchev–Trinajstić information content (AvgIpc) is 2.66. The molecule has 1 heterocycles. The summed E-state index contributed by atoms with van der Waals surface area (Å²) in [6, 6.07) is 8.08. The van der Waals surface area contributed by atoms with Gasteiger partial charge < -0.3 is 15.1 Å². The van der Waals surface area contributed by atoms with Gasteiger partial charge in [0.1, 0.15) is 0 Å². The lowest BCUT2D eigenvalue weighted by molar-refractivity contribution is -0.892. The molecule has 5 aliphatic rings. The Bertz CT molecular complexity index is 693. The van der Waals surface area contributed by atoms with Gasteiger partial charge in [0.05, 0.1) is 26.2 Å². The Kier molecular flexibility index (Phi) is 5.04. The molecule has 0 atom stereocenters. The molecule has 2 N–H and O–H groups in total. The van der Waals surface area contributed by atoms with Crippen LogP contribution < -0.4 is 15.1 Å². The Morgan fingerprint density at radius 1 is 1.11 bits per heavy atom. The van der Waals surface area contributed by atoms with E-state index in [1.54, 1.807) is 0 Å². The number of carbonyl (C=O) groups is 1. The topological polar surface area (TPSA) is 36.8 Å². The number of benzene rings is 1. The molecule has 28 heavy (non-hydrogen) atoms. The quantitative estimate of drug-likeness (QED) is 0.793. The maximum atomic E-state index is 12.6. The molecule has 4 bridgehead atoms. The maximum Gasteiger partial charge on any atom is 0.275 e. The van der Waals surface area contributed by atoms with Crippen LogP contribution in [0.5, 0.6) is 0 Å². The number of hydrogen-bond acceptors (Lipinski definition) is 2. The summed E-state index contributed by atoms with van der Waals surface area (Å²) in [7, 11) is 0. The molecule has 1 aromatic carbocycles. The Hall–Kier alpha value is -1.26. The van der Waals surface area contributed by atoms with Gasteiger partial charge in [-0.25, -0.2) is 0 Å². The van der Waals surface area contributed by atoms with Crippen molar-refractivity contribution in [1.82, 2.24) is 5.32 Å². The minimum absolute atomic E-state index is 0.252. The Balaban J connectivity index is 1.09. The number of halogens is 1. The van der Waals surface area contributed by atoms with E-state index in [1.165, 1.54) is 49.1 Å². The third-order valence-corrected chi connectivity index (χ3v) is 8.12. The summed E-state index contributed by atoms with van der Waals surface area (Å²) >= 11 is 6.12. The predicted octanol–water partition coefficient (Wildman–Crippen LogP) is 2.38. The summed E-state index contributed by atoms with van der Waals surface area (Å²) in [5.41, 5.74) is 1.63. The van der Waals surface area contributed by atoms with Gasteiger partial charge in [-0.2, -0.15) is 0 Å². The van der Waals surface area contributed by atoms with Gasteiger partial charge in [-0.05, 0) is 79.9 Å². The molecule has 1 aromatic rings. The molecule has 0 unspecified atom stereocenters. The van der Waals surface area contributed by atoms with E-state index < -0.39 is 0 Å². The summed E-state index contributed by atoms with van der Waals surface area (Å²) in [6.45, 7) is 5.54. The van der Waals surface area contributed by atoms with Crippen molar-refractivity contribution in [2.45, 2.75) is 38.5 Å². The van der Waals surface area contributed by atoms with E-state index >= 15 is 0 Å². The first-order valence-corrected chi connectivity index (χ1v) is 11.6. The molecule has 0 aromatic heterocycles. The zero-order chi connectivity index (χ0) is 19.1. The van der Waals surface area contributed by atoms with Crippen molar-refractivity contribution >= 4 is 23.2 Å². The monoisotopic (exact) mass is 402 g/mol. The van der Waals surface area contributed by atoms with Gasteiger partial charge in [-0.1, -0.05) is 17.7 Å². The number of nitrogens with one attached hydrogen (secondary N) is 2. The van der Waals surface area contributed by atoms with Gasteiger partial charge in [0.15, 0.2) is 6.54 Å². The van der Waals surface area contributed by atoms with E-state index in [2.05, 4.69) is 16.3 Å². The standard InChI is InChI=1S/C23H32ClN3O/c24-20-2-1-3-21(11-20)27-6-4-26(5-7-27)15-22(28)25-16-23-12-17-8-18(13-23)10-19(9-17)14-23/h1-3,11,17-19H,4-10,12-16H2,(H,25,28)/p+1. The van der Waals surface area contributed by atoms with Gasteiger partial charge >= 0.3 is 0 Å². The van der Waals surface area contributed by atoms with Crippen molar-refractivity contribution in [3.63, 3.8) is 0 Å². The molecular formula is C23H33ClN3O+. The van der Waals surface area contributed by atoms with Crippen LogP contribution in [0.2, 0.25) is 5.02 Å². The SMILES string of the molecule is O=C(C[NH+]1CCN(c2cccc(Cl)c2)CC1)NCC12CC3CC(CC(C3)C1)C2. The van der Waals surface area contributed by atoms with Crippen molar-refractivity contribution < 1.29 is 9.69 Å². The smallest absolute Gasteiger partial charge is 0.275 e. The second-order valence-corrected chi connectivity index (χ2v) is 10.5. The van der Waals surface area contributed by atoms with Gasteiger partial charge in [0.25, 0.3) is 5.91 Å². The van der Waals surface area contributed by atoms with E-state index in [1.807, 2.05) is 18.2 Å².